The van der Waals surface area contributed by atoms with Crippen molar-refractivity contribution in [3.05, 3.63) is 36.4 Å². The number of amides is 1. The van der Waals surface area contributed by atoms with E-state index in [1.807, 2.05) is 0 Å². The van der Waals surface area contributed by atoms with Gasteiger partial charge in [0.2, 0.25) is 5.91 Å². The van der Waals surface area contributed by atoms with Crippen LogP contribution in [0.4, 0.5) is 5.69 Å². The van der Waals surface area contributed by atoms with E-state index in [2.05, 4.69) is 11.9 Å². The van der Waals surface area contributed by atoms with Gasteiger partial charge in [0.05, 0.1) is 5.75 Å². The Morgan fingerprint density at radius 3 is 2.57 bits per heavy atom. The summed E-state index contributed by atoms with van der Waals surface area (Å²) in [6, 6.07) is 3.41. The van der Waals surface area contributed by atoms with E-state index in [9.17, 15) is 23.1 Å². The normalized spacial score (nSPS) is 12.4. The Morgan fingerprint density at radius 1 is 1.43 bits per heavy atom. The van der Waals surface area contributed by atoms with Crippen molar-refractivity contribution in [1.29, 1.82) is 0 Å². The number of carboxylic acid groups (broad SMARTS) is 1. The predicted molar refractivity (Wildman–Crippen MR) is 77.1 cm³/mol. The number of phenols is 1. The Labute approximate surface area is 121 Å². The van der Waals surface area contributed by atoms with E-state index in [0.29, 0.717) is 0 Å². The van der Waals surface area contributed by atoms with Crippen LogP contribution in [0, 0.1) is 0 Å². The quantitative estimate of drug-likeness (QED) is 0.532. The van der Waals surface area contributed by atoms with E-state index in [4.69, 9.17) is 5.11 Å². The monoisotopic (exact) mass is 313 g/mol. The second-order valence-corrected chi connectivity index (χ2v) is 6.65. The summed E-state index contributed by atoms with van der Waals surface area (Å²) in [6.45, 7) is 4.54. The molecule has 1 rings (SSSR count). The van der Waals surface area contributed by atoms with Crippen molar-refractivity contribution in [2.24, 2.45) is 0 Å². The molecular formula is C13H15NO6S. The van der Waals surface area contributed by atoms with Gasteiger partial charge in [0.1, 0.15) is 16.6 Å². The Bertz CT molecular complexity index is 680. The molecule has 0 heterocycles. The second-order valence-electron chi connectivity index (χ2n) is 4.29. The summed E-state index contributed by atoms with van der Waals surface area (Å²) >= 11 is 0. The highest BCUT2D eigenvalue weighted by molar-refractivity contribution is 7.92. The van der Waals surface area contributed by atoms with Crippen LogP contribution in [0.2, 0.25) is 0 Å². The molecule has 1 amide bonds. The first kappa shape index (κ1) is 16.7. The summed E-state index contributed by atoms with van der Waals surface area (Å²) in [7, 11) is -3.66. The fraction of sp³-hybridized carbons (Fsp3) is 0.231. The molecule has 3 N–H and O–H groups in total. The molecule has 1 atom stereocenters. The first-order valence-electron chi connectivity index (χ1n) is 5.88. The lowest BCUT2D eigenvalue weighted by molar-refractivity contribution is -0.115. The molecule has 7 nitrogen and oxygen atoms in total. The minimum atomic E-state index is -3.66. The summed E-state index contributed by atoms with van der Waals surface area (Å²) < 4.78 is 23.5. The third-order valence-electron chi connectivity index (χ3n) is 2.75. The Hall–Kier alpha value is -2.35. The minimum absolute atomic E-state index is 0.0795. The molecule has 21 heavy (non-hydrogen) atoms. The molecule has 1 aromatic rings. The number of sulfone groups is 1. The van der Waals surface area contributed by atoms with Crippen molar-refractivity contribution in [3.63, 3.8) is 0 Å². The minimum Gasteiger partial charge on any atom is -0.507 e. The molecule has 0 radical (unpaired) electrons. The molecule has 8 heteroatoms. The van der Waals surface area contributed by atoms with E-state index in [1.165, 1.54) is 19.1 Å². The maximum atomic E-state index is 11.9. The van der Waals surface area contributed by atoms with Crippen LogP contribution in [0.15, 0.2) is 30.9 Å². The van der Waals surface area contributed by atoms with E-state index in [-0.39, 0.29) is 11.4 Å². The molecule has 1 aromatic carbocycles. The van der Waals surface area contributed by atoms with Crippen LogP contribution in [-0.4, -0.2) is 41.5 Å². The highest BCUT2D eigenvalue weighted by Crippen LogP contribution is 2.21. The van der Waals surface area contributed by atoms with Gasteiger partial charge in [0, 0.05) is 5.69 Å². The Kier molecular flexibility index (Phi) is 5.09. The number of hydrogen-bond donors (Lipinski definition) is 3. The number of carbonyl (C=O) groups is 2. The van der Waals surface area contributed by atoms with E-state index in [0.717, 1.165) is 12.1 Å². The van der Waals surface area contributed by atoms with Crippen molar-refractivity contribution in [1.82, 2.24) is 0 Å². The van der Waals surface area contributed by atoms with Crippen LogP contribution in [0.3, 0.4) is 0 Å². The molecule has 0 aliphatic heterocycles. The van der Waals surface area contributed by atoms with Gasteiger partial charge in [-0.3, -0.25) is 4.79 Å². The summed E-state index contributed by atoms with van der Waals surface area (Å²) in [4.78, 5) is 22.7. The number of carbonyl (C=O) groups excluding carboxylic acids is 1. The lowest BCUT2D eigenvalue weighted by atomic mass is 10.2. The average molecular weight is 313 g/mol. The number of aromatic hydroxyl groups is 1. The Morgan fingerprint density at radius 2 is 2.05 bits per heavy atom. The van der Waals surface area contributed by atoms with Crippen molar-refractivity contribution in [2.75, 3.05) is 11.1 Å². The Balaban J connectivity index is 2.96. The second kappa shape index (κ2) is 6.40. The molecule has 0 saturated carbocycles. The largest absolute Gasteiger partial charge is 0.507 e. The van der Waals surface area contributed by atoms with Gasteiger partial charge in [-0.25, -0.2) is 13.2 Å². The van der Waals surface area contributed by atoms with Crippen LogP contribution in [-0.2, 0) is 14.6 Å². The van der Waals surface area contributed by atoms with Gasteiger partial charge in [0.15, 0.2) is 9.84 Å². The number of benzene rings is 1. The third kappa shape index (κ3) is 4.06. The third-order valence-corrected chi connectivity index (χ3v) is 4.74. The molecule has 0 aliphatic carbocycles. The molecule has 0 fully saturated rings. The highest BCUT2D eigenvalue weighted by atomic mass is 32.2. The van der Waals surface area contributed by atoms with Crippen LogP contribution in [0.25, 0.3) is 0 Å². The molecule has 0 aliphatic rings. The van der Waals surface area contributed by atoms with Crippen molar-refractivity contribution in [2.45, 2.75) is 12.2 Å². The molecule has 0 saturated heterocycles. The predicted octanol–water partition coefficient (Wildman–Crippen LogP) is 1.02. The topological polar surface area (TPSA) is 121 Å². The smallest absolute Gasteiger partial charge is 0.339 e. The molecule has 114 valence electrons. The van der Waals surface area contributed by atoms with Crippen LogP contribution < -0.4 is 5.32 Å². The molecule has 0 bridgehead atoms. The summed E-state index contributed by atoms with van der Waals surface area (Å²) in [5.41, 5.74) is -0.315. The van der Waals surface area contributed by atoms with Gasteiger partial charge in [-0.2, -0.15) is 0 Å². The van der Waals surface area contributed by atoms with Crippen molar-refractivity contribution >= 4 is 27.4 Å². The van der Waals surface area contributed by atoms with Gasteiger partial charge >= 0.3 is 5.97 Å². The van der Waals surface area contributed by atoms with Gasteiger partial charge in [0.25, 0.3) is 0 Å². The first-order valence-corrected chi connectivity index (χ1v) is 7.60. The SMILES string of the molecule is C=CCS(=O)(=O)C(C)C(=O)Nc1ccc(O)c(C(=O)O)c1. The standard InChI is InChI=1S/C13H15NO6S/c1-3-6-21(19,20)8(2)12(16)14-9-4-5-11(15)10(7-9)13(17)18/h3-5,7-8,15H,1,6H2,2H3,(H,14,16)(H,17,18). The van der Waals surface area contributed by atoms with Gasteiger partial charge in [-0.15, -0.1) is 6.58 Å². The number of anilines is 1. The highest BCUT2D eigenvalue weighted by Gasteiger charge is 2.27. The summed E-state index contributed by atoms with van der Waals surface area (Å²) in [6.07, 6.45) is 1.18. The summed E-state index contributed by atoms with van der Waals surface area (Å²) in [5.74, 6) is -2.94. The van der Waals surface area contributed by atoms with Crippen LogP contribution in [0.1, 0.15) is 17.3 Å². The van der Waals surface area contributed by atoms with E-state index in [1.54, 1.807) is 0 Å². The molecule has 0 spiro atoms. The van der Waals surface area contributed by atoms with Gasteiger partial charge < -0.3 is 15.5 Å². The van der Waals surface area contributed by atoms with Gasteiger partial charge in [-0.1, -0.05) is 6.08 Å². The van der Waals surface area contributed by atoms with Crippen molar-refractivity contribution < 1.29 is 28.2 Å². The van der Waals surface area contributed by atoms with Crippen molar-refractivity contribution in [3.8, 4) is 5.75 Å². The summed E-state index contributed by atoms with van der Waals surface area (Å²) in [5, 5.41) is 19.2. The van der Waals surface area contributed by atoms with Crippen LogP contribution in [0.5, 0.6) is 5.75 Å². The maximum Gasteiger partial charge on any atom is 0.339 e. The van der Waals surface area contributed by atoms with Crippen LogP contribution >= 0.6 is 0 Å². The molecule has 1 unspecified atom stereocenters. The maximum absolute atomic E-state index is 11.9. The zero-order chi connectivity index (χ0) is 16.2. The van der Waals surface area contributed by atoms with E-state index >= 15 is 0 Å². The first-order chi connectivity index (χ1) is 9.69. The van der Waals surface area contributed by atoms with Gasteiger partial charge in [-0.05, 0) is 25.1 Å². The number of carboxylic acids is 1. The zero-order valence-electron chi connectivity index (χ0n) is 11.2. The number of rotatable bonds is 6. The lowest BCUT2D eigenvalue weighted by Gasteiger charge is -2.12. The van der Waals surface area contributed by atoms with E-state index < -0.39 is 38.3 Å². The number of aromatic carboxylic acids is 1. The average Bonchev–Trinajstić information content (AvgIpc) is 2.39. The number of hydrogen-bond acceptors (Lipinski definition) is 5. The zero-order valence-corrected chi connectivity index (χ0v) is 12.1. The number of nitrogens with one attached hydrogen (secondary N) is 1. The molecular weight excluding hydrogens is 298 g/mol. The fourth-order valence-electron chi connectivity index (χ4n) is 1.50. The lowest BCUT2D eigenvalue weighted by Crippen LogP contribution is -2.33. The fourth-order valence-corrected chi connectivity index (χ4v) is 2.50. The molecule has 0 aromatic heterocycles.